The van der Waals surface area contributed by atoms with Crippen molar-refractivity contribution < 1.29 is 14.7 Å². The highest BCUT2D eigenvalue weighted by Crippen LogP contribution is 2.19. The van der Waals surface area contributed by atoms with Crippen LogP contribution < -0.4 is 5.32 Å². The summed E-state index contributed by atoms with van der Waals surface area (Å²) in [6, 6.07) is 13.3. The molecular weight excluding hydrogens is 302 g/mol. The molecule has 2 aromatic carbocycles. The van der Waals surface area contributed by atoms with Crippen LogP contribution >= 0.6 is 11.6 Å². The van der Waals surface area contributed by atoms with E-state index >= 15 is 0 Å². The number of carboxylic acid groups (broad SMARTS) is 1. The van der Waals surface area contributed by atoms with Crippen LogP contribution in [-0.4, -0.2) is 17.0 Å². The standard InChI is InChI=1S/C17H14ClNO3/c1-11(9-12-5-2-3-8-15(12)18)16(20)19-14-7-4-6-13(10-14)17(21)22/h2-10H,1H3,(H,19,20)(H,21,22)/b11-9+. The van der Waals surface area contributed by atoms with E-state index in [1.54, 1.807) is 31.2 Å². The van der Waals surface area contributed by atoms with Crippen LogP contribution in [0.2, 0.25) is 5.02 Å². The Bertz CT molecular complexity index is 753. The molecule has 0 heterocycles. The van der Waals surface area contributed by atoms with Gasteiger partial charge in [-0.3, -0.25) is 4.79 Å². The molecule has 1 amide bonds. The zero-order chi connectivity index (χ0) is 16.1. The molecule has 0 unspecified atom stereocenters. The summed E-state index contributed by atoms with van der Waals surface area (Å²) in [5, 5.41) is 12.2. The fourth-order valence-corrected chi connectivity index (χ4v) is 2.04. The Kier molecular flexibility index (Phi) is 4.96. The summed E-state index contributed by atoms with van der Waals surface area (Å²) in [6.07, 6.45) is 1.68. The first-order valence-electron chi connectivity index (χ1n) is 6.55. The molecule has 0 bridgehead atoms. The van der Waals surface area contributed by atoms with Crippen LogP contribution in [0.4, 0.5) is 5.69 Å². The number of benzene rings is 2. The zero-order valence-electron chi connectivity index (χ0n) is 11.8. The zero-order valence-corrected chi connectivity index (χ0v) is 12.6. The van der Waals surface area contributed by atoms with E-state index in [4.69, 9.17) is 16.7 Å². The topological polar surface area (TPSA) is 66.4 Å². The van der Waals surface area contributed by atoms with Crippen LogP contribution in [0.15, 0.2) is 54.1 Å². The average molecular weight is 316 g/mol. The Balaban J connectivity index is 2.17. The number of carbonyl (C=O) groups excluding carboxylic acids is 1. The van der Waals surface area contributed by atoms with E-state index in [9.17, 15) is 9.59 Å². The van der Waals surface area contributed by atoms with Crippen molar-refractivity contribution >= 4 is 35.2 Å². The summed E-state index contributed by atoms with van der Waals surface area (Å²) in [6.45, 7) is 1.67. The molecule has 0 aromatic heterocycles. The van der Waals surface area contributed by atoms with Crippen molar-refractivity contribution in [1.82, 2.24) is 0 Å². The number of carboxylic acids is 1. The van der Waals surface area contributed by atoms with Gasteiger partial charge in [-0.15, -0.1) is 0 Å². The normalized spacial score (nSPS) is 11.1. The Morgan fingerprint density at radius 2 is 1.86 bits per heavy atom. The number of aromatic carboxylic acids is 1. The lowest BCUT2D eigenvalue weighted by Gasteiger charge is -2.07. The van der Waals surface area contributed by atoms with Crippen molar-refractivity contribution in [2.75, 3.05) is 5.32 Å². The number of carbonyl (C=O) groups is 2. The molecule has 0 atom stereocenters. The lowest BCUT2D eigenvalue weighted by molar-refractivity contribution is -0.112. The third kappa shape index (κ3) is 3.96. The van der Waals surface area contributed by atoms with Gasteiger partial charge in [0.25, 0.3) is 5.91 Å². The number of hydrogen-bond acceptors (Lipinski definition) is 2. The number of halogens is 1. The molecule has 5 heteroatoms. The summed E-state index contributed by atoms with van der Waals surface area (Å²) in [5.74, 6) is -1.36. The van der Waals surface area contributed by atoms with E-state index in [0.29, 0.717) is 16.3 Å². The number of nitrogens with one attached hydrogen (secondary N) is 1. The van der Waals surface area contributed by atoms with E-state index in [-0.39, 0.29) is 11.5 Å². The number of rotatable bonds is 4. The van der Waals surface area contributed by atoms with Gasteiger partial charge < -0.3 is 10.4 Å². The van der Waals surface area contributed by atoms with Crippen molar-refractivity contribution in [3.63, 3.8) is 0 Å². The van der Waals surface area contributed by atoms with Gasteiger partial charge in [-0.05, 0) is 42.8 Å². The maximum atomic E-state index is 12.1. The van der Waals surface area contributed by atoms with Gasteiger partial charge in [-0.2, -0.15) is 0 Å². The fourth-order valence-electron chi connectivity index (χ4n) is 1.85. The SMILES string of the molecule is C/C(=C\c1ccccc1Cl)C(=O)Nc1cccc(C(=O)O)c1. The van der Waals surface area contributed by atoms with Crippen LogP contribution in [0.3, 0.4) is 0 Å². The van der Waals surface area contributed by atoms with Gasteiger partial charge in [0.05, 0.1) is 5.56 Å². The number of anilines is 1. The molecule has 0 radical (unpaired) electrons. The van der Waals surface area contributed by atoms with Crippen molar-refractivity contribution in [1.29, 1.82) is 0 Å². The average Bonchev–Trinajstić information content (AvgIpc) is 2.49. The molecule has 0 aliphatic heterocycles. The molecule has 2 aromatic rings. The second-order valence-corrected chi connectivity index (χ2v) is 5.10. The third-order valence-electron chi connectivity index (χ3n) is 3.00. The molecule has 0 saturated heterocycles. The predicted molar refractivity (Wildman–Crippen MR) is 87.1 cm³/mol. The minimum absolute atomic E-state index is 0.116. The fraction of sp³-hybridized carbons (Fsp3) is 0.0588. The van der Waals surface area contributed by atoms with Gasteiger partial charge in [-0.1, -0.05) is 35.9 Å². The quantitative estimate of drug-likeness (QED) is 0.835. The van der Waals surface area contributed by atoms with Crippen molar-refractivity contribution in [3.05, 3.63) is 70.3 Å². The van der Waals surface area contributed by atoms with E-state index < -0.39 is 5.97 Å². The monoisotopic (exact) mass is 315 g/mol. The Morgan fingerprint density at radius 1 is 1.14 bits per heavy atom. The van der Waals surface area contributed by atoms with Gasteiger partial charge in [0.2, 0.25) is 0 Å². The Labute approximate surface area is 133 Å². The number of amides is 1. The summed E-state index contributed by atoms with van der Waals surface area (Å²) >= 11 is 6.05. The second-order valence-electron chi connectivity index (χ2n) is 4.69. The lowest BCUT2D eigenvalue weighted by Crippen LogP contribution is -2.13. The highest BCUT2D eigenvalue weighted by Gasteiger charge is 2.08. The summed E-state index contributed by atoms with van der Waals surface area (Å²) in [4.78, 5) is 23.1. The first-order chi connectivity index (χ1) is 10.5. The molecule has 2 N–H and O–H groups in total. The summed E-state index contributed by atoms with van der Waals surface area (Å²) < 4.78 is 0. The smallest absolute Gasteiger partial charge is 0.335 e. The molecule has 0 saturated carbocycles. The van der Waals surface area contributed by atoms with E-state index in [2.05, 4.69) is 5.32 Å². The lowest BCUT2D eigenvalue weighted by atomic mass is 10.1. The number of hydrogen-bond donors (Lipinski definition) is 2. The first-order valence-corrected chi connectivity index (χ1v) is 6.92. The molecule has 0 aliphatic carbocycles. The van der Waals surface area contributed by atoms with Gasteiger partial charge >= 0.3 is 5.97 Å². The van der Waals surface area contributed by atoms with E-state index in [1.807, 2.05) is 18.2 Å². The molecule has 2 rings (SSSR count). The van der Waals surface area contributed by atoms with E-state index in [1.165, 1.54) is 12.1 Å². The van der Waals surface area contributed by atoms with Crippen LogP contribution in [-0.2, 0) is 4.79 Å². The van der Waals surface area contributed by atoms with Crippen LogP contribution in [0.1, 0.15) is 22.8 Å². The third-order valence-corrected chi connectivity index (χ3v) is 3.35. The molecule has 4 nitrogen and oxygen atoms in total. The van der Waals surface area contributed by atoms with Crippen molar-refractivity contribution in [2.45, 2.75) is 6.92 Å². The minimum Gasteiger partial charge on any atom is -0.478 e. The maximum absolute atomic E-state index is 12.1. The van der Waals surface area contributed by atoms with E-state index in [0.717, 1.165) is 5.56 Å². The molecule has 0 aliphatic rings. The van der Waals surface area contributed by atoms with Gasteiger partial charge in [0.15, 0.2) is 0 Å². The van der Waals surface area contributed by atoms with Crippen LogP contribution in [0.5, 0.6) is 0 Å². The Hall–Kier alpha value is -2.59. The molecule has 0 spiro atoms. The van der Waals surface area contributed by atoms with Crippen LogP contribution in [0, 0.1) is 0 Å². The maximum Gasteiger partial charge on any atom is 0.335 e. The highest BCUT2D eigenvalue weighted by molar-refractivity contribution is 6.32. The molecule has 112 valence electrons. The molecule has 22 heavy (non-hydrogen) atoms. The predicted octanol–water partition coefficient (Wildman–Crippen LogP) is 4.08. The Morgan fingerprint density at radius 3 is 2.55 bits per heavy atom. The second kappa shape index (κ2) is 6.91. The van der Waals surface area contributed by atoms with Crippen molar-refractivity contribution in [3.8, 4) is 0 Å². The largest absolute Gasteiger partial charge is 0.478 e. The molecule has 0 fully saturated rings. The molecular formula is C17H14ClNO3. The van der Waals surface area contributed by atoms with Gasteiger partial charge in [0.1, 0.15) is 0 Å². The van der Waals surface area contributed by atoms with Crippen LogP contribution in [0.25, 0.3) is 6.08 Å². The van der Waals surface area contributed by atoms with Gasteiger partial charge in [0, 0.05) is 16.3 Å². The van der Waals surface area contributed by atoms with Gasteiger partial charge in [-0.25, -0.2) is 4.79 Å². The summed E-state index contributed by atoms with van der Waals surface area (Å²) in [7, 11) is 0. The first kappa shape index (κ1) is 15.8. The minimum atomic E-state index is -1.04. The van der Waals surface area contributed by atoms with Crippen molar-refractivity contribution in [2.24, 2.45) is 0 Å². The summed E-state index contributed by atoms with van der Waals surface area (Å²) in [5.41, 5.74) is 1.76. The highest BCUT2D eigenvalue weighted by atomic mass is 35.5.